The van der Waals surface area contributed by atoms with Gasteiger partial charge in [-0.05, 0) is 47.2 Å². The molecule has 4 heterocycles. The second-order valence-corrected chi connectivity index (χ2v) is 11.1. The van der Waals surface area contributed by atoms with E-state index in [1.165, 1.54) is 0 Å². The van der Waals surface area contributed by atoms with Gasteiger partial charge in [-0.2, -0.15) is 5.10 Å². The lowest BCUT2D eigenvalue weighted by atomic mass is 10.0. The molecule has 0 N–H and O–H groups in total. The molecular formula is C33H32N2O8. The Morgan fingerprint density at radius 1 is 0.581 bits per heavy atom. The van der Waals surface area contributed by atoms with Gasteiger partial charge in [0.2, 0.25) is 0 Å². The molecule has 4 fully saturated rings. The monoisotopic (exact) mass is 584 g/mol. The first-order valence-electron chi connectivity index (χ1n) is 14.6. The van der Waals surface area contributed by atoms with Crippen molar-refractivity contribution in [3.63, 3.8) is 0 Å². The summed E-state index contributed by atoms with van der Waals surface area (Å²) in [5.41, 5.74) is 1.44. The van der Waals surface area contributed by atoms with Crippen molar-refractivity contribution < 1.29 is 37.9 Å². The van der Waals surface area contributed by atoms with E-state index in [1.54, 1.807) is 5.01 Å². The summed E-state index contributed by atoms with van der Waals surface area (Å²) in [4.78, 5) is 0. The molecule has 0 radical (unpaired) electrons. The van der Waals surface area contributed by atoms with E-state index in [1.807, 2.05) is 60.7 Å². The number of hydrogen-bond acceptors (Lipinski definition) is 10. The van der Waals surface area contributed by atoms with Crippen molar-refractivity contribution in [2.75, 3.05) is 57.9 Å². The average molecular weight is 585 g/mol. The van der Waals surface area contributed by atoms with Crippen LogP contribution >= 0.6 is 0 Å². The maximum atomic E-state index is 6.36. The van der Waals surface area contributed by atoms with Crippen molar-refractivity contribution in [1.82, 2.24) is 0 Å². The van der Waals surface area contributed by atoms with E-state index in [0.717, 1.165) is 57.6 Å². The van der Waals surface area contributed by atoms with E-state index in [0.29, 0.717) is 51.1 Å². The van der Waals surface area contributed by atoms with Crippen LogP contribution in [0.5, 0.6) is 23.0 Å². The van der Waals surface area contributed by atoms with E-state index < -0.39 is 0 Å². The van der Waals surface area contributed by atoms with Gasteiger partial charge in [0.15, 0.2) is 0 Å². The van der Waals surface area contributed by atoms with Crippen molar-refractivity contribution in [3.05, 3.63) is 60.7 Å². The molecule has 222 valence electrons. The Morgan fingerprint density at radius 3 is 1.33 bits per heavy atom. The molecule has 0 aliphatic carbocycles. The number of hydrogen-bond donors (Lipinski definition) is 0. The zero-order chi connectivity index (χ0) is 28.8. The van der Waals surface area contributed by atoms with Crippen LogP contribution in [0.2, 0.25) is 0 Å². The van der Waals surface area contributed by atoms with E-state index in [4.69, 9.17) is 37.9 Å². The maximum Gasteiger partial charge on any atom is 0.145 e. The molecule has 0 spiro atoms. The Morgan fingerprint density at radius 2 is 0.953 bits per heavy atom. The van der Waals surface area contributed by atoms with Gasteiger partial charge >= 0.3 is 0 Å². The molecular weight excluding hydrogens is 552 g/mol. The van der Waals surface area contributed by atoms with Crippen LogP contribution in [0.4, 0.5) is 11.4 Å². The summed E-state index contributed by atoms with van der Waals surface area (Å²) in [5.74, 6) is 2.75. The van der Waals surface area contributed by atoms with Crippen molar-refractivity contribution in [1.29, 1.82) is 0 Å². The van der Waals surface area contributed by atoms with Crippen molar-refractivity contribution in [2.45, 2.75) is 24.4 Å². The standard InChI is InChI=1S/C33H32N2O8/c1-34-35(32-28-10-22(36-12-24-14-38-24)6-2-20(28)4-8-30(32)42-18-26-16-40-26)33-29-11-23(37-13-25-15-39-25)7-3-21(29)5-9-31(33)43-19-27-17-41-27/h2-11,24-27H,1,12-19H2. The number of fused-ring (bicyclic) bond motifs is 2. The third-order valence-corrected chi connectivity index (χ3v) is 7.75. The molecule has 4 aliphatic heterocycles. The fourth-order valence-electron chi connectivity index (χ4n) is 5.03. The molecule has 0 bridgehead atoms. The summed E-state index contributed by atoms with van der Waals surface area (Å²) in [6.45, 7) is 8.71. The first kappa shape index (κ1) is 26.5. The molecule has 4 atom stereocenters. The van der Waals surface area contributed by atoms with Crippen LogP contribution in [0, 0.1) is 0 Å². The van der Waals surface area contributed by atoms with Crippen LogP contribution in [-0.2, 0) is 18.9 Å². The summed E-state index contributed by atoms with van der Waals surface area (Å²) in [6.07, 6.45) is 0.436. The molecule has 4 aromatic rings. The molecule has 10 heteroatoms. The lowest BCUT2D eigenvalue weighted by Crippen LogP contribution is -2.15. The quantitative estimate of drug-likeness (QED) is 0.110. The van der Waals surface area contributed by atoms with Gasteiger partial charge in [0.1, 0.15) is 85.2 Å². The van der Waals surface area contributed by atoms with Gasteiger partial charge in [-0.25, -0.2) is 5.01 Å². The Labute approximate surface area is 248 Å². The zero-order valence-corrected chi connectivity index (χ0v) is 23.6. The third-order valence-electron chi connectivity index (χ3n) is 7.75. The number of nitrogens with zero attached hydrogens (tertiary/aromatic N) is 2. The molecule has 4 aromatic carbocycles. The van der Waals surface area contributed by atoms with Gasteiger partial charge in [0.25, 0.3) is 0 Å². The van der Waals surface area contributed by atoms with Crippen LogP contribution in [0.25, 0.3) is 21.5 Å². The number of benzene rings is 4. The Balaban J connectivity index is 1.27. The average Bonchev–Trinajstić information content (AvgIpc) is 3.84. The Hall–Kier alpha value is -4.09. The van der Waals surface area contributed by atoms with Crippen molar-refractivity contribution in [3.8, 4) is 23.0 Å². The highest BCUT2D eigenvalue weighted by Gasteiger charge is 2.29. The van der Waals surface area contributed by atoms with Crippen molar-refractivity contribution in [2.24, 2.45) is 5.10 Å². The summed E-state index contributed by atoms with van der Waals surface area (Å²) >= 11 is 0. The minimum absolute atomic E-state index is 0.0760. The predicted molar refractivity (Wildman–Crippen MR) is 161 cm³/mol. The molecule has 4 saturated heterocycles. The van der Waals surface area contributed by atoms with Gasteiger partial charge in [0.05, 0.1) is 26.4 Å². The largest absolute Gasteiger partial charge is 0.491 e. The molecule has 0 saturated carbocycles. The topological polar surface area (TPSA) is 103 Å². The highest BCUT2D eigenvalue weighted by Crippen LogP contribution is 2.48. The van der Waals surface area contributed by atoms with E-state index in [9.17, 15) is 0 Å². The van der Waals surface area contributed by atoms with Crippen LogP contribution in [0.1, 0.15) is 0 Å². The number of anilines is 2. The molecule has 8 rings (SSSR count). The van der Waals surface area contributed by atoms with Gasteiger partial charge in [0, 0.05) is 17.5 Å². The lowest BCUT2D eigenvalue weighted by molar-refractivity contribution is 0.262. The number of hydrazone groups is 1. The number of rotatable bonds is 15. The van der Waals surface area contributed by atoms with Gasteiger partial charge in [-0.1, -0.05) is 24.3 Å². The lowest BCUT2D eigenvalue weighted by Gasteiger charge is -2.27. The highest BCUT2D eigenvalue weighted by atomic mass is 16.6. The van der Waals surface area contributed by atoms with Gasteiger partial charge in [-0.3, -0.25) is 0 Å². The fourth-order valence-corrected chi connectivity index (χ4v) is 5.03. The van der Waals surface area contributed by atoms with Crippen molar-refractivity contribution >= 4 is 39.6 Å². The normalized spacial score (nSPS) is 23.1. The SMILES string of the molecule is C=NN(c1c(OCC2CO2)ccc2ccc(OCC3CO3)cc12)c1c(OCC2CO2)ccc2ccc(OCC3CO3)cc12. The second-order valence-electron chi connectivity index (χ2n) is 11.1. The molecule has 10 nitrogen and oxygen atoms in total. The molecule has 0 amide bonds. The fraction of sp³-hybridized carbons (Fsp3) is 0.364. The molecule has 0 aromatic heterocycles. The van der Waals surface area contributed by atoms with Gasteiger partial charge in [-0.15, -0.1) is 0 Å². The minimum atomic E-state index is 0.0760. The maximum absolute atomic E-state index is 6.36. The second kappa shape index (κ2) is 11.2. The first-order chi connectivity index (χ1) is 21.2. The summed E-state index contributed by atoms with van der Waals surface area (Å²) in [7, 11) is 0. The summed E-state index contributed by atoms with van der Waals surface area (Å²) < 4.78 is 46.5. The minimum Gasteiger partial charge on any atom is -0.491 e. The third kappa shape index (κ3) is 6.05. The smallest absolute Gasteiger partial charge is 0.145 e. The van der Waals surface area contributed by atoms with Crippen LogP contribution in [-0.4, -0.2) is 84.0 Å². The highest BCUT2D eigenvalue weighted by molar-refractivity contribution is 6.06. The number of epoxide rings is 4. The molecule has 4 unspecified atom stereocenters. The van der Waals surface area contributed by atoms with E-state index in [2.05, 4.69) is 11.8 Å². The molecule has 4 aliphatic rings. The zero-order valence-electron chi connectivity index (χ0n) is 23.6. The van der Waals surface area contributed by atoms with E-state index >= 15 is 0 Å². The summed E-state index contributed by atoms with van der Waals surface area (Å²) in [6, 6.07) is 20.0. The Kier molecular flexibility index (Phi) is 6.91. The van der Waals surface area contributed by atoms with Crippen LogP contribution in [0.3, 0.4) is 0 Å². The first-order valence-corrected chi connectivity index (χ1v) is 14.6. The van der Waals surface area contributed by atoms with E-state index in [-0.39, 0.29) is 24.4 Å². The van der Waals surface area contributed by atoms with Gasteiger partial charge < -0.3 is 37.9 Å². The molecule has 43 heavy (non-hydrogen) atoms. The Bertz CT molecular complexity index is 1530. The number of ether oxygens (including phenoxy) is 8. The summed E-state index contributed by atoms with van der Waals surface area (Å²) in [5, 5.41) is 10.2. The van der Waals surface area contributed by atoms with Crippen LogP contribution in [0.15, 0.2) is 65.8 Å². The van der Waals surface area contributed by atoms with Crippen LogP contribution < -0.4 is 24.0 Å². The predicted octanol–water partition coefficient (Wildman–Crippen LogP) is 4.86.